The first-order chi connectivity index (χ1) is 12.1. The molecule has 0 amide bonds. The van der Waals surface area contributed by atoms with Gasteiger partial charge in [-0.2, -0.15) is 0 Å². The number of phenolic OH excluding ortho intramolecular Hbond substituents is 1. The molecule has 0 aliphatic heterocycles. The van der Waals surface area contributed by atoms with E-state index in [2.05, 4.69) is 22.6 Å². The van der Waals surface area contributed by atoms with Gasteiger partial charge in [-0.1, -0.05) is 6.58 Å². The lowest BCUT2D eigenvalue weighted by atomic mass is 9.95. The Kier molecular flexibility index (Phi) is 5.00. The zero-order valence-corrected chi connectivity index (χ0v) is 14.2. The van der Waals surface area contributed by atoms with Gasteiger partial charge in [0.2, 0.25) is 0 Å². The molecule has 1 aromatic carbocycles. The van der Waals surface area contributed by atoms with E-state index in [1.807, 2.05) is 30.6 Å². The summed E-state index contributed by atoms with van der Waals surface area (Å²) in [7, 11) is 0. The highest BCUT2D eigenvalue weighted by molar-refractivity contribution is 5.76. The van der Waals surface area contributed by atoms with Crippen molar-refractivity contribution in [2.75, 3.05) is 0 Å². The summed E-state index contributed by atoms with van der Waals surface area (Å²) in [5.41, 5.74) is 5.97. The zero-order valence-electron chi connectivity index (χ0n) is 14.2. The van der Waals surface area contributed by atoms with E-state index in [0.717, 1.165) is 40.1 Å². The van der Waals surface area contributed by atoms with Gasteiger partial charge >= 0.3 is 0 Å². The lowest BCUT2D eigenvalue weighted by Gasteiger charge is -2.13. The number of hydrogen-bond acceptors (Lipinski definition) is 3. The molecule has 0 radical (unpaired) electrons. The van der Waals surface area contributed by atoms with Gasteiger partial charge in [0, 0.05) is 34.8 Å². The van der Waals surface area contributed by atoms with Crippen molar-refractivity contribution in [2.45, 2.75) is 25.9 Å². The van der Waals surface area contributed by atoms with E-state index in [4.69, 9.17) is 0 Å². The molecule has 0 aliphatic carbocycles. The maximum Gasteiger partial charge on any atom is 0.115 e. The number of aryl methyl sites for hydroxylation is 1. The number of benzene rings is 1. The number of pyridine rings is 1. The van der Waals surface area contributed by atoms with Crippen LogP contribution in [0.25, 0.3) is 28.5 Å². The predicted molar refractivity (Wildman–Crippen MR) is 101 cm³/mol. The number of H-pyrrole nitrogens is 1. The molecule has 25 heavy (non-hydrogen) atoms. The van der Waals surface area contributed by atoms with Gasteiger partial charge in [-0.05, 0) is 67.8 Å². The molecule has 0 aliphatic rings. The van der Waals surface area contributed by atoms with Gasteiger partial charge in [0.05, 0.1) is 11.8 Å². The molecular formula is C21H22N2O2. The fourth-order valence-electron chi connectivity index (χ4n) is 2.89. The van der Waals surface area contributed by atoms with Crippen molar-refractivity contribution in [2.24, 2.45) is 0 Å². The second-order valence-electron chi connectivity index (χ2n) is 6.17. The van der Waals surface area contributed by atoms with Crippen molar-refractivity contribution < 1.29 is 10.2 Å². The average Bonchev–Trinajstić information content (AvgIpc) is 3.09. The quantitative estimate of drug-likeness (QED) is 0.625. The fourth-order valence-corrected chi connectivity index (χ4v) is 2.89. The molecule has 0 saturated carbocycles. The number of rotatable bonds is 6. The Morgan fingerprint density at radius 3 is 2.64 bits per heavy atom. The molecule has 2 aromatic heterocycles. The molecule has 4 heteroatoms. The molecule has 3 N–H and O–H groups in total. The largest absolute Gasteiger partial charge is 0.508 e. The fraction of sp³-hybridized carbons (Fsp3) is 0.190. The Balaban J connectivity index is 2.05. The van der Waals surface area contributed by atoms with Crippen LogP contribution in [0.2, 0.25) is 0 Å². The molecule has 0 fully saturated rings. The van der Waals surface area contributed by atoms with E-state index >= 15 is 0 Å². The van der Waals surface area contributed by atoms with Crippen LogP contribution in [0.4, 0.5) is 0 Å². The molecule has 1 atom stereocenters. The highest BCUT2D eigenvalue weighted by Gasteiger charge is 2.13. The first-order valence-corrected chi connectivity index (χ1v) is 8.35. The molecule has 1 unspecified atom stereocenters. The third-order valence-electron chi connectivity index (χ3n) is 4.26. The first kappa shape index (κ1) is 17.0. The van der Waals surface area contributed by atoms with Crippen LogP contribution in [0, 0.1) is 0 Å². The second kappa shape index (κ2) is 7.36. The van der Waals surface area contributed by atoms with Crippen molar-refractivity contribution in [3.05, 3.63) is 66.6 Å². The van der Waals surface area contributed by atoms with Crippen LogP contribution >= 0.6 is 0 Å². The number of nitrogens with zero attached hydrogens (tertiary/aromatic N) is 1. The molecule has 4 nitrogen and oxygen atoms in total. The molecular weight excluding hydrogens is 312 g/mol. The Labute approximate surface area is 147 Å². The van der Waals surface area contributed by atoms with Crippen molar-refractivity contribution in [3.8, 4) is 28.1 Å². The smallest absolute Gasteiger partial charge is 0.115 e. The number of aromatic hydroxyl groups is 1. The Bertz CT molecular complexity index is 864. The monoisotopic (exact) mass is 334 g/mol. The molecule has 0 bridgehead atoms. The van der Waals surface area contributed by atoms with E-state index in [1.54, 1.807) is 25.1 Å². The summed E-state index contributed by atoms with van der Waals surface area (Å²) in [6, 6.07) is 11.1. The van der Waals surface area contributed by atoms with E-state index in [9.17, 15) is 10.2 Å². The number of aliphatic hydroxyl groups excluding tert-OH is 1. The van der Waals surface area contributed by atoms with Crippen molar-refractivity contribution in [1.29, 1.82) is 0 Å². The number of hydrogen-bond donors (Lipinski definition) is 3. The lowest BCUT2D eigenvalue weighted by Crippen LogP contribution is -2.03. The van der Waals surface area contributed by atoms with Crippen LogP contribution in [0.15, 0.2) is 55.4 Å². The normalized spacial score (nSPS) is 12.1. The number of nitrogens with one attached hydrogen (secondary N) is 1. The molecule has 2 heterocycles. The number of aliphatic hydroxyl groups is 1. The highest BCUT2D eigenvalue weighted by atomic mass is 16.3. The number of phenols is 1. The summed E-state index contributed by atoms with van der Waals surface area (Å²) in [6.45, 7) is 5.65. The predicted octanol–water partition coefficient (Wildman–Crippen LogP) is 4.41. The summed E-state index contributed by atoms with van der Waals surface area (Å²) in [4.78, 5) is 7.78. The summed E-state index contributed by atoms with van der Waals surface area (Å²) >= 11 is 0. The van der Waals surface area contributed by atoms with Gasteiger partial charge < -0.3 is 15.2 Å². The van der Waals surface area contributed by atoms with E-state index in [-0.39, 0.29) is 11.9 Å². The third kappa shape index (κ3) is 3.80. The van der Waals surface area contributed by atoms with Crippen LogP contribution in [-0.2, 0) is 6.42 Å². The van der Waals surface area contributed by atoms with Crippen molar-refractivity contribution in [3.63, 3.8) is 0 Å². The topological polar surface area (TPSA) is 69.1 Å². The SMILES string of the molecule is C=Cc1[nH]ccc1-c1cnc(-c2ccc(O)cc2)cc1CCC(C)O. The minimum atomic E-state index is -0.358. The maximum atomic E-state index is 9.69. The second-order valence-corrected chi connectivity index (χ2v) is 6.17. The van der Waals surface area contributed by atoms with Gasteiger partial charge in [-0.15, -0.1) is 0 Å². The van der Waals surface area contributed by atoms with Crippen LogP contribution < -0.4 is 0 Å². The standard InChI is InChI=1S/C21H22N2O2/c1-3-20-18(10-11-22-20)19-13-23-21(12-16(19)5-4-14(2)24)15-6-8-17(25)9-7-15/h3,6-14,22,24-25H,1,4-5H2,2H3. The molecule has 0 spiro atoms. The van der Waals surface area contributed by atoms with Crippen molar-refractivity contribution in [1.82, 2.24) is 9.97 Å². The number of aromatic amines is 1. The maximum absolute atomic E-state index is 9.69. The van der Waals surface area contributed by atoms with E-state index in [0.29, 0.717) is 6.42 Å². The van der Waals surface area contributed by atoms with E-state index < -0.39 is 0 Å². The zero-order chi connectivity index (χ0) is 17.8. The van der Waals surface area contributed by atoms with Crippen LogP contribution in [-0.4, -0.2) is 26.3 Å². The van der Waals surface area contributed by atoms with Crippen LogP contribution in [0.5, 0.6) is 5.75 Å². The minimum absolute atomic E-state index is 0.234. The Morgan fingerprint density at radius 1 is 1.20 bits per heavy atom. The summed E-state index contributed by atoms with van der Waals surface area (Å²) in [6.07, 6.45) is 6.63. The third-order valence-corrected chi connectivity index (χ3v) is 4.26. The Morgan fingerprint density at radius 2 is 1.96 bits per heavy atom. The Hall–Kier alpha value is -2.85. The lowest BCUT2D eigenvalue weighted by molar-refractivity contribution is 0.185. The van der Waals surface area contributed by atoms with Gasteiger partial charge in [-0.25, -0.2) is 0 Å². The van der Waals surface area contributed by atoms with Crippen LogP contribution in [0.3, 0.4) is 0 Å². The molecule has 128 valence electrons. The van der Waals surface area contributed by atoms with Gasteiger partial charge in [-0.3, -0.25) is 4.98 Å². The van der Waals surface area contributed by atoms with E-state index in [1.165, 1.54) is 0 Å². The first-order valence-electron chi connectivity index (χ1n) is 8.35. The molecule has 0 saturated heterocycles. The van der Waals surface area contributed by atoms with Gasteiger partial charge in [0.1, 0.15) is 5.75 Å². The number of aromatic nitrogens is 2. The van der Waals surface area contributed by atoms with Gasteiger partial charge in [0.15, 0.2) is 0 Å². The molecule has 3 aromatic rings. The summed E-state index contributed by atoms with van der Waals surface area (Å²) in [5, 5.41) is 19.2. The van der Waals surface area contributed by atoms with Crippen molar-refractivity contribution >= 4 is 6.08 Å². The van der Waals surface area contributed by atoms with Crippen LogP contribution in [0.1, 0.15) is 24.6 Å². The minimum Gasteiger partial charge on any atom is -0.508 e. The molecule has 3 rings (SSSR count). The highest BCUT2D eigenvalue weighted by Crippen LogP contribution is 2.31. The van der Waals surface area contributed by atoms with Gasteiger partial charge in [0.25, 0.3) is 0 Å². The summed E-state index contributed by atoms with van der Waals surface area (Å²) < 4.78 is 0. The average molecular weight is 334 g/mol. The summed E-state index contributed by atoms with van der Waals surface area (Å²) in [5.74, 6) is 0.234.